The summed E-state index contributed by atoms with van der Waals surface area (Å²) in [4.78, 5) is 0. The minimum Gasteiger partial charge on any atom is -0.375 e. The molecule has 4 rings (SSSR count). The van der Waals surface area contributed by atoms with E-state index in [2.05, 4.69) is 21.1 Å². The van der Waals surface area contributed by atoms with Crippen LogP contribution in [0.1, 0.15) is 19.3 Å². The van der Waals surface area contributed by atoms with Crippen LogP contribution in [0.25, 0.3) is 0 Å². The predicted molar refractivity (Wildman–Crippen MR) is 89.5 cm³/mol. The topological polar surface area (TPSA) is 101 Å². The maximum atomic E-state index is 5.49. The highest BCUT2D eigenvalue weighted by Gasteiger charge is 2.67. The van der Waals surface area contributed by atoms with Crippen molar-refractivity contribution in [3.8, 4) is 0 Å². The molecule has 6 atom stereocenters. The molecular formula is C13H18N6S2. The van der Waals surface area contributed by atoms with E-state index in [1.54, 1.807) is 0 Å². The number of nitrogens with two attached hydrogens (primary N) is 2. The number of hydrogen-bond donors (Lipinski definition) is 4. The van der Waals surface area contributed by atoms with E-state index in [4.69, 9.17) is 35.9 Å². The quantitative estimate of drug-likeness (QED) is 0.430. The number of fused-ring (bicyclic) bond motifs is 2. The number of nitrogens with zero attached hydrogens (tertiary/aromatic N) is 2. The van der Waals surface area contributed by atoms with Crippen LogP contribution in [0.2, 0.25) is 0 Å². The molecule has 0 aromatic heterocycles. The lowest BCUT2D eigenvalue weighted by molar-refractivity contribution is 0.242. The summed E-state index contributed by atoms with van der Waals surface area (Å²) in [5, 5.41) is 9.39. The highest BCUT2D eigenvalue weighted by molar-refractivity contribution is 7.80. The van der Waals surface area contributed by atoms with Gasteiger partial charge in [-0.1, -0.05) is 0 Å². The summed E-state index contributed by atoms with van der Waals surface area (Å²) in [6.45, 7) is 0. The fraction of sp³-hybridized carbons (Fsp3) is 0.692. The Balaban J connectivity index is 1.63. The first-order valence-corrected chi connectivity index (χ1v) is 8.11. The van der Waals surface area contributed by atoms with E-state index in [1.165, 1.54) is 17.8 Å². The SMILES string of the molecule is NC(=S)N/N=C1/CC2C3C/C(=N\NC(N)=S)C4C3CC2C14. The van der Waals surface area contributed by atoms with Gasteiger partial charge in [0.15, 0.2) is 10.2 Å². The lowest BCUT2D eigenvalue weighted by Gasteiger charge is -2.24. The van der Waals surface area contributed by atoms with Gasteiger partial charge in [0.05, 0.1) is 0 Å². The Bertz CT molecular complexity index is 531. The third kappa shape index (κ3) is 1.88. The second-order valence-electron chi connectivity index (χ2n) is 6.51. The lowest BCUT2D eigenvalue weighted by Crippen LogP contribution is -2.31. The minimum atomic E-state index is 0.227. The van der Waals surface area contributed by atoms with Crippen LogP contribution in [0.4, 0.5) is 0 Å². The van der Waals surface area contributed by atoms with Crippen LogP contribution >= 0.6 is 24.4 Å². The van der Waals surface area contributed by atoms with Gasteiger partial charge in [0.2, 0.25) is 0 Å². The zero-order chi connectivity index (χ0) is 14.7. The average Bonchev–Trinajstić information content (AvgIpc) is 3.03. The molecule has 6 nitrogen and oxygen atoms in total. The van der Waals surface area contributed by atoms with Gasteiger partial charge in [0.1, 0.15) is 0 Å². The first-order chi connectivity index (χ1) is 10.1. The van der Waals surface area contributed by atoms with Crippen molar-refractivity contribution in [2.24, 2.45) is 57.2 Å². The van der Waals surface area contributed by atoms with Crippen LogP contribution in [0.5, 0.6) is 0 Å². The number of rotatable bonds is 2. The van der Waals surface area contributed by atoms with Crippen molar-refractivity contribution in [3.63, 3.8) is 0 Å². The summed E-state index contributed by atoms with van der Waals surface area (Å²) in [6, 6.07) is 0. The Labute approximate surface area is 133 Å². The third-order valence-electron chi connectivity index (χ3n) is 5.78. The van der Waals surface area contributed by atoms with Gasteiger partial charge < -0.3 is 11.5 Å². The first-order valence-electron chi connectivity index (χ1n) is 7.30. The van der Waals surface area contributed by atoms with E-state index in [9.17, 15) is 0 Å². The number of nitrogens with one attached hydrogen (secondary N) is 2. The minimum absolute atomic E-state index is 0.227. The highest BCUT2D eigenvalue weighted by atomic mass is 32.1. The maximum Gasteiger partial charge on any atom is 0.184 e. The zero-order valence-electron chi connectivity index (χ0n) is 11.5. The van der Waals surface area contributed by atoms with Gasteiger partial charge in [0, 0.05) is 23.3 Å². The molecule has 0 aliphatic heterocycles. The number of hydrogen-bond acceptors (Lipinski definition) is 4. The molecule has 0 spiro atoms. The molecule has 8 heteroatoms. The van der Waals surface area contributed by atoms with Crippen molar-refractivity contribution in [3.05, 3.63) is 0 Å². The van der Waals surface area contributed by atoms with Crippen LogP contribution in [-0.2, 0) is 0 Å². The molecule has 0 aromatic carbocycles. The van der Waals surface area contributed by atoms with Gasteiger partial charge in [-0.15, -0.1) is 0 Å². The molecule has 0 amide bonds. The Hall–Kier alpha value is -1.28. The average molecular weight is 322 g/mol. The summed E-state index contributed by atoms with van der Waals surface area (Å²) < 4.78 is 0. The predicted octanol–water partition coefficient (Wildman–Crippen LogP) is 0.287. The molecule has 0 radical (unpaired) electrons. The van der Waals surface area contributed by atoms with Crippen molar-refractivity contribution < 1.29 is 0 Å². The van der Waals surface area contributed by atoms with Gasteiger partial charge in [-0.3, -0.25) is 10.9 Å². The normalized spacial score (nSPS) is 45.5. The van der Waals surface area contributed by atoms with Crippen LogP contribution in [0, 0.1) is 35.5 Å². The Morgan fingerprint density at radius 2 is 1.29 bits per heavy atom. The Morgan fingerprint density at radius 3 is 1.67 bits per heavy atom. The van der Waals surface area contributed by atoms with Gasteiger partial charge in [0.25, 0.3) is 0 Å². The van der Waals surface area contributed by atoms with Gasteiger partial charge in [-0.05, 0) is 67.4 Å². The molecule has 112 valence electrons. The molecule has 6 unspecified atom stereocenters. The summed E-state index contributed by atoms with van der Waals surface area (Å²) >= 11 is 9.70. The van der Waals surface area contributed by atoms with E-state index in [-0.39, 0.29) is 10.2 Å². The molecule has 4 saturated carbocycles. The molecule has 0 aromatic rings. The Kier molecular flexibility index (Phi) is 2.94. The van der Waals surface area contributed by atoms with E-state index in [0.717, 1.165) is 36.5 Å². The van der Waals surface area contributed by atoms with Crippen LogP contribution in [-0.4, -0.2) is 21.6 Å². The maximum absolute atomic E-state index is 5.49. The van der Waals surface area contributed by atoms with E-state index < -0.39 is 0 Å². The van der Waals surface area contributed by atoms with Crippen LogP contribution in [0.15, 0.2) is 10.2 Å². The second-order valence-corrected chi connectivity index (χ2v) is 7.39. The fourth-order valence-electron chi connectivity index (χ4n) is 5.42. The fourth-order valence-corrected chi connectivity index (χ4v) is 5.51. The summed E-state index contributed by atoms with van der Waals surface area (Å²) in [5.41, 5.74) is 18.9. The van der Waals surface area contributed by atoms with E-state index >= 15 is 0 Å². The van der Waals surface area contributed by atoms with Crippen molar-refractivity contribution in [2.75, 3.05) is 0 Å². The largest absolute Gasteiger partial charge is 0.375 e. The van der Waals surface area contributed by atoms with E-state index in [1.807, 2.05) is 0 Å². The Morgan fingerprint density at radius 1 is 0.857 bits per heavy atom. The molecule has 6 N–H and O–H groups in total. The molecule has 4 fully saturated rings. The molecule has 0 saturated heterocycles. The molecule has 2 bridgehead atoms. The number of hydrazone groups is 2. The van der Waals surface area contributed by atoms with Crippen molar-refractivity contribution >= 4 is 46.1 Å². The van der Waals surface area contributed by atoms with Crippen LogP contribution < -0.4 is 22.3 Å². The highest BCUT2D eigenvalue weighted by Crippen LogP contribution is 2.68. The summed E-state index contributed by atoms with van der Waals surface area (Å²) in [5.74, 6) is 4.00. The zero-order valence-corrected chi connectivity index (χ0v) is 13.1. The van der Waals surface area contributed by atoms with Gasteiger partial charge in [-0.2, -0.15) is 10.2 Å². The first kappa shape index (κ1) is 13.4. The number of thiocarbonyl (C=S) groups is 2. The third-order valence-corrected chi connectivity index (χ3v) is 5.96. The van der Waals surface area contributed by atoms with Crippen molar-refractivity contribution in [2.45, 2.75) is 19.3 Å². The molecule has 4 aliphatic carbocycles. The molecule has 4 aliphatic rings. The second kappa shape index (κ2) is 4.61. The standard InChI is InChI=1S/C13H18N6S2/c14-12(20)18-16-8-2-4-5-3-9(17-19-13(15)21)11-7(5)1-6(4)10(8)11/h4-7,10-11H,1-3H2,(H3,14,18,20)(H3,15,19,21)/b16-8-,17-9+. The summed E-state index contributed by atoms with van der Waals surface area (Å²) in [7, 11) is 0. The summed E-state index contributed by atoms with van der Waals surface area (Å²) in [6.07, 6.45) is 3.47. The molecule has 0 heterocycles. The van der Waals surface area contributed by atoms with Crippen LogP contribution in [0.3, 0.4) is 0 Å². The smallest absolute Gasteiger partial charge is 0.184 e. The van der Waals surface area contributed by atoms with Crippen molar-refractivity contribution in [1.82, 2.24) is 10.9 Å². The molecular weight excluding hydrogens is 304 g/mol. The van der Waals surface area contributed by atoms with Gasteiger partial charge in [-0.25, -0.2) is 0 Å². The van der Waals surface area contributed by atoms with E-state index in [0.29, 0.717) is 11.8 Å². The van der Waals surface area contributed by atoms with Crippen molar-refractivity contribution in [1.29, 1.82) is 0 Å². The van der Waals surface area contributed by atoms with Gasteiger partial charge >= 0.3 is 0 Å². The lowest BCUT2D eigenvalue weighted by atomic mass is 9.79. The monoisotopic (exact) mass is 322 g/mol. The molecule has 21 heavy (non-hydrogen) atoms.